The van der Waals surface area contributed by atoms with Gasteiger partial charge in [-0.05, 0) is 41.3 Å². The topological polar surface area (TPSA) is 56.0 Å². The van der Waals surface area contributed by atoms with Crippen molar-refractivity contribution in [1.82, 2.24) is 4.98 Å². The fourth-order valence-corrected chi connectivity index (χ4v) is 3.19. The predicted molar refractivity (Wildman–Crippen MR) is 78.1 cm³/mol. The Balaban J connectivity index is 2.28. The van der Waals surface area contributed by atoms with E-state index in [0.29, 0.717) is 5.56 Å². The monoisotopic (exact) mass is 316 g/mol. The maximum Gasteiger partial charge on any atom is 0.249 e. The van der Waals surface area contributed by atoms with Gasteiger partial charge in [0.2, 0.25) is 5.91 Å². The maximum atomic E-state index is 11.5. The predicted octanol–water partition coefficient (Wildman–Crippen LogP) is 3.08. The summed E-state index contributed by atoms with van der Waals surface area (Å²) in [4.78, 5) is 16.0. The summed E-state index contributed by atoms with van der Waals surface area (Å²) < 4.78 is 1.000. The van der Waals surface area contributed by atoms with E-state index in [0.717, 1.165) is 45.3 Å². The third-order valence-electron chi connectivity index (χ3n) is 3.57. The zero-order valence-electron chi connectivity index (χ0n) is 10.5. The van der Waals surface area contributed by atoms with Gasteiger partial charge in [0.25, 0.3) is 0 Å². The summed E-state index contributed by atoms with van der Waals surface area (Å²) in [6.07, 6.45) is 3.53. The summed E-state index contributed by atoms with van der Waals surface area (Å²) >= 11 is 3.57. The van der Waals surface area contributed by atoms with E-state index in [1.165, 1.54) is 0 Å². The Morgan fingerprint density at radius 2 is 2.26 bits per heavy atom. The van der Waals surface area contributed by atoms with Gasteiger partial charge < -0.3 is 5.73 Å². The van der Waals surface area contributed by atoms with E-state index in [4.69, 9.17) is 5.73 Å². The summed E-state index contributed by atoms with van der Waals surface area (Å²) in [5, 5.41) is 0. The van der Waals surface area contributed by atoms with Gasteiger partial charge in [-0.25, -0.2) is 0 Å². The highest BCUT2D eigenvalue weighted by Gasteiger charge is 2.25. The molecule has 0 fully saturated rings. The molecule has 0 aliphatic heterocycles. The third-order valence-corrected chi connectivity index (χ3v) is 4.23. The highest BCUT2D eigenvalue weighted by molar-refractivity contribution is 9.10. The summed E-state index contributed by atoms with van der Waals surface area (Å²) in [5.41, 5.74) is 11.5. The highest BCUT2D eigenvalue weighted by Crippen LogP contribution is 2.42. The molecule has 0 bridgehead atoms. The van der Waals surface area contributed by atoms with Crippen molar-refractivity contribution < 1.29 is 4.79 Å². The molecule has 3 rings (SSSR count). The van der Waals surface area contributed by atoms with E-state index in [-0.39, 0.29) is 5.91 Å². The van der Waals surface area contributed by atoms with Crippen LogP contribution in [0.2, 0.25) is 0 Å². The number of benzene rings is 1. The van der Waals surface area contributed by atoms with Crippen molar-refractivity contribution in [3.05, 3.63) is 51.3 Å². The average Bonchev–Trinajstić information content (AvgIpc) is 2.77. The van der Waals surface area contributed by atoms with Crippen LogP contribution in [0, 0.1) is 0 Å². The smallest absolute Gasteiger partial charge is 0.249 e. The second kappa shape index (κ2) is 4.46. The second-order valence-corrected chi connectivity index (χ2v) is 5.53. The first-order valence-electron chi connectivity index (χ1n) is 6.21. The van der Waals surface area contributed by atoms with E-state index in [9.17, 15) is 4.79 Å². The molecule has 1 heterocycles. The van der Waals surface area contributed by atoms with Crippen LogP contribution in [0.4, 0.5) is 0 Å². The van der Waals surface area contributed by atoms with Crippen LogP contribution in [0.1, 0.15) is 34.1 Å². The molecule has 1 aromatic heterocycles. The zero-order valence-corrected chi connectivity index (χ0v) is 12.1. The number of amides is 1. The van der Waals surface area contributed by atoms with Crippen molar-refractivity contribution in [2.24, 2.45) is 5.73 Å². The molecule has 0 radical (unpaired) electrons. The Morgan fingerprint density at radius 1 is 1.47 bits per heavy atom. The molecule has 2 aromatic rings. The molecular weight excluding hydrogens is 304 g/mol. The second-order valence-electron chi connectivity index (χ2n) is 4.68. The molecule has 1 aliphatic rings. The van der Waals surface area contributed by atoms with Gasteiger partial charge in [0, 0.05) is 33.9 Å². The fraction of sp³-hybridized carbons (Fsp3) is 0.200. The number of pyridine rings is 1. The molecule has 2 N–H and O–H groups in total. The first-order chi connectivity index (χ1) is 9.11. The van der Waals surface area contributed by atoms with E-state index in [1.54, 1.807) is 6.07 Å². The number of carbonyl (C=O) groups excluding carboxylic acids is 1. The largest absolute Gasteiger partial charge is 0.366 e. The van der Waals surface area contributed by atoms with Gasteiger partial charge in [-0.3, -0.25) is 9.78 Å². The van der Waals surface area contributed by atoms with Crippen molar-refractivity contribution in [3.63, 3.8) is 0 Å². The molecule has 0 atom stereocenters. The number of aromatic nitrogens is 1. The van der Waals surface area contributed by atoms with Gasteiger partial charge in [-0.1, -0.05) is 22.9 Å². The molecule has 19 heavy (non-hydrogen) atoms. The van der Waals surface area contributed by atoms with Crippen molar-refractivity contribution in [1.29, 1.82) is 0 Å². The Labute approximate surface area is 120 Å². The van der Waals surface area contributed by atoms with Gasteiger partial charge in [-0.15, -0.1) is 0 Å². The minimum Gasteiger partial charge on any atom is -0.366 e. The normalized spacial score (nSPS) is 12.1. The Kier molecular flexibility index (Phi) is 2.90. The van der Waals surface area contributed by atoms with E-state index in [1.807, 2.05) is 12.3 Å². The first-order valence-corrected chi connectivity index (χ1v) is 7.00. The van der Waals surface area contributed by atoms with Crippen LogP contribution in [0.15, 0.2) is 28.9 Å². The Morgan fingerprint density at radius 3 is 2.95 bits per heavy atom. The number of nitrogens with zero attached hydrogens (tertiary/aromatic N) is 1. The van der Waals surface area contributed by atoms with Crippen LogP contribution in [0.3, 0.4) is 0 Å². The first kappa shape index (κ1) is 12.4. The molecule has 1 amide bonds. The van der Waals surface area contributed by atoms with E-state index >= 15 is 0 Å². The Hall–Kier alpha value is -1.68. The minimum absolute atomic E-state index is 0.375. The quantitative estimate of drug-likeness (QED) is 0.790. The Bertz CT molecular complexity index is 695. The molecule has 3 nitrogen and oxygen atoms in total. The standard InChI is InChI=1S/C15H13BrN2O/c1-2-9-6-11-8(7-18-9)5-12-10(15(17)19)3-4-13(16)14(11)12/h3-4,6-7H,2,5H2,1H3,(H2,17,19). The summed E-state index contributed by atoms with van der Waals surface area (Å²) in [7, 11) is 0. The lowest BCUT2D eigenvalue weighted by Crippen LogP contribution is -2.13. The van der Waals surface area contributed by atoms with Crippen LogP contribution in [0.25, 0.3) is 11.1 Å². The van der Waals surface area contributed by atoms with Crippen LogP contribution in [-0.4, -0.2) is 10.9 Å². The number of fused-ring (bicyclic) bond motifs is 3. The van der Waals surface area contributed by atoms with Gasteiger partial charge in [-0.2, -0.15) is 0 Å². The number of hydrogen-bond donors (Lipinski definition) is 1. The van der Waals surface area contributed by atoms with Gasteiger partial charge >= 0.3 is 0 Å². The molecule has 96 valence electrons. The zero-order chi connectivity index (χ0) is 13.6. The molecule has 0 unspecified atom stereocenters. The third kappa shape index (κ3) is 1.87. The van der Waals surface area contributed by atoms with E-state index < -0.39 is 0 Å². The number of carbonyl (C=O) groups is 1. The SMILES string of the molecule is CCc1cc2c(cn1)Cc1c(C(N)=O)ccc(Br)c1-2. The van der Waals surface area contributed by atoms with Gasteiger partial charge in [0.15, 0.2) is 0 Å². The molecule has 1 aliphatic carbocycles. The lowest BCUT2D eigenvalue weighted by Gasteiger charge is -2.08. The van der Waals surface area contributed by atoms with Crippen LogP contribution >= 0.6 is 15.9 Å². The number of nitrogens with two attached hydrogens (primary N) is 1. The molecule has 0 saturated heterocycles. The molecule has 4 heteroatoms. The lowest BCUT2D eigenvalue weighted by atomic mass is 10.0. The van der Waals surface area contributed by atoms with Gasteiger partial charge in [0.05, 0.1) is 0 Å². The molecule has 0 saturated carbocycles. The minimum atomic E-state index is -0.375. The molecule has 1 aromatic carbocycles. The van der Waals surface area contributed by atoms with Crippen LogP contribution in [0.5, 0.6) is 0 Å². The molecular formula is C15H13BrN2O. The van der Waals surface area contributed by atoms with Crippen molar-refractivity contribution in [2.45, 2.75) is 19.8 Å². The van der Waals surface area contributed by atoms with Gasteiger partial charge in [0.1, 0.15) is 0 Å². The number of halogens is 1. The number of hydrogen-bond acceptors (Lipinski definition) is 2. The van der Waals surface area contributed by atoms with Crippen molar-refractivity contribution >= 4 is 21.8 Å². The molecule has 0 spiro atoms. The lowest BCUT2D eigenvalue weighted by molar-refractivity contribution is 0.0999. The van der Waals surface area contributed by atoms with Crippen LogP contribution < -0.4 is 5.73 Å². The summed E-state index contributed by atoms with van der Waals surface area (Å²) in [6, 6.07) is 5.78. The number of rotatable bonds is 2. The average molecular weight is 317 g/mol. The van der Waals surface area contributed by atoms with E-state index in [2.05, 4.69) is 33.9 Å². The van der Waals surface area contributed by atoms with Crippen molar-refractivity contribution in [2.75, 3.05) is 0 Å². The van der Waals surface area contributed by atoms with Crippen molar-refractivity contribution in [3.8, 4) is 11.1 Å². The number of aryl methyl sites for hydroxylation is 1. The summed E-state index contributed by atoms with van der Waals surface area (Å²) in [6.45, 7) is 2.08. The summed E-state index contributed by atoms with van der Waals surface area (Å²) in [5.74, 6) is -0.375. The fourth-order valence-electron chi connectivity index (χ4n) is 2.61. The highest BCUT2D eigenvalue weighted by atomic mass is 79.9. The maximum absolute atomic E-state index is 11.5. The number of primary amides is 1. The van der Waals surface area contributed by atoms with Crippen LogP contribution in [-0.2, 0) is 12.8 Å².